The summed E-state index contributed by atoms with van der Waals surface area (Å²) in [6, 6.07) is 3.59. The van der Waals surface area contributed by atoms with Gasteiger partial charge in [0.2, 0.25) is 11.8 Å². The van der Waals surface area contributed by atoms with Crippen molar-refractivity contribution in [1.82, 2.24) is 20.5 Å². The Kier molecular flexibility index (Phi) is 4.53. The number of nitrogens with zero attached hydrogens (tertiary/aromatic N) is 3. The van der Waals surface area contributed by atoms with Gasteiger partial charge in [-0.3, -0.25) is 9.78 Å². The van der Waals surface area contributed by atoms with Crippen molar-refractivity contribution in [2.24, 2.45) is 0 Å². The van der Waals surface area contributed by atoms with E-state index in [0.717, 1.165) is 17.3 Å². The first-order valence-corrected chi connectivity index (χ1v) is 6.35. The van der Waals surface area contributed by atoms with Crippen LogP contribution in [-0.4, -0.2) is 33.4 Å². The molecule has 0 fully saturated rings. The van der Waals surface area contributed by atoms with Gasteiger partial charge in [-0.05, 0) is 12.1 Å². The van der Waals surface area contributed by atoms with Gasteiger partial charge < -0.3 is 9.73 Å². The molecular weight excluding hydrogens is 264 g/mol. The maximum absolute atomic E-state index is 11.3. The van der Waals surface area contributed by atoms with Gasteiger partial charge in [0.25, 0.3) is 5.22 Å². The molecule has 1 amide bonds. The molecule has 0 saturated heterocycles. The Morgan fingerprint density at radius 2 is 2.42 bits per heavy atom. The molecule has 0 atom stereocenters. The summed E-state index contributed by atoms with van der Waals surface area (Å²) >= 11 is 1.15. The van der Waals surface area contributed by atoms with Crippen molar-refractivity contribution < 1.29 is 9.21 Å². The van der Waals surface area contributed by atoms with E-state index in [-0.39, 0.29) is 18.2 Å². The number of hydrogen-bond donors (Lipinski definition) is 1. The summed E-state index contributed by atoms with van der Waals surface area (Å²) in [4.78, 5) is 15.3. The van der Waals surface area contributed by atoms with Crippen LogP contribution in [0, 0.1) is 12.3 Å². The van der Waals surface area contributed by atoms with E-state index >= 15 is 0 Å². The van der Waals surface area contributed by atoms with Crippen molar-refractivity contribution in [3.05, 3.63) is 24.5 Å². The van der Waals surface area contributed by atoms with Gasteiger partial charge in [0, 0.05) is 12.4 Å². The highest BCUT2D eigenvalue weighted by atomic mass is 32.2. The molecule has 6 nitrogen and oxygen atoms in total. The van der Waals surface area contributed by atoms with Crippen molar-refractivity contribution in [3.8, 4) is 23.8 Å². The third kappa shape index (κ3) is 3.82. The smallest absolute Gasteiger partial charge is 0.277 e. The molecule has 19 heavy (non-hydrogen) atoms. The summed E-state index contributed by atoms with van der Waals surface area (Å²) in [5.41, 5.74) is 0.735. The van der Waals surface area contributed by atoms with E-state index in [1.54, 1.807) is 18.5 Å². The van der Waals surface area contributed by atoms with E-state index < -0.39 is 0 Å². The van der Waals surface area contributed by atoms with Crippen LogP contribution in [0.5, 0.6) is 0 Å². The summed E-state index contributed by atoms with van der Waals surface area (Å²) in [6.07, 6.45) is 8.32. The minimum Gasteiger partial charge on any atom is -0.411 e. The number of carbonyl (C=O) groups is 1. The minimum atomic E-state index is -0.177. The Morgan fingerprint density at radius 1 is 1.53 bits per heavy atom. The molecule has 0 saturated carbocycles. The fourth-order valence-electron chi connectivity index (χ4n) is 1.20. The maximum Gasteiger partial charge on any atom is 0.277 e. The van der Waals surface area contributed by atoms with E-state index in [1.807, 2.05) is 6.07 Å². The van der Waals surface area contributed by atoms with Crippen molar-refractivity contribution in [3.63, 3.8) is 0 Å². The first-order valence-electron chi connectivity index (χ1n) is 5.36. The van der Waals surface area contributed by atoms with Gasteiger partial charge in [-0.1, -0.05) is 17.7 Å². The Labute approximate surface area is 114 Å². The van der Waals surface area contributed by atoms with Crippen LogP contribution in [0.25, 0.3) is 11.5 Å². The predicted molar refractivity (Wildman–Crippen MR) is 70.1 cm³/mol. The first-order chi connectivity index (χ1) is 9.29. The van der Waals surface area contributed by atoms with Crippen LogP contribution < -0.4 is 5.32 Å². The second kappa shape index (κ2) is 6.56. The van der Waals surface area contributed by atoms with Gasteiger partial charge in [0.05, 0.1) is 17.9 Å². The van der Waals surface area contributed by atoms with E-state index in [9.17, 15) is 4.79 Å². The number of amides is 1. The van der Waals surface area contributed by atoms with Gasteiger partial charge in [-0.25, -0.2) is 0 Å². The molecule has 0 aliphatic rings. The molecule has 2 rings (SSSR count). The molecule has 2 heterocycles. The van der Waals surface area contributed by atoms with Crippen LogP contribution in [0.1, 0.15) is 0 Å². The number of rotatable bonds is 5. The average Bonchev–Trinajstić information content (AvgIpc) is 2.93. The van der Waals surface area contributed by atoms with E-state index in [4.69, 9.17) is 10.8 Å². The highest BCUT2D eigenvalue weighted by molar-refractivity contribution is 7.99. The molecule has 0 aliphatic heterocycles. The second-order valence-electron chi connectivity index (χ2n) is 3.38. The largest absolute Gasteiger partial charge is 0.411 e. The van der Waals surface area contributed by atoms with Gasteiger partial charge in [-0.15, -0.1) is 16.6 Å². The van der Waals surface area contributed by atoms with Crippen LogP contribution in [-0.2, 0) is 4.79 Å². The highest BCUT2D eigenvalue weighted by Crippen LogP contribution is 2.21. The highest BCUT2D eigenvalue weighted by Gasteiger charge is 2.10. The molecule has 0 aromatic carbocycles. The van der Waals surface area contributed by atoms with E-state index in [2.05, 4.69) is 26.4 Å². The molecule has 0 bridgehead atoms. The van der Waals surface area contributed by atoms with Gasteiger partial charge >= 0.3 is 0 Å². The fraction of sp³-hybridized carbons (Fsp3) is 0.167. The van der Waals surface area contributed by atoms with E-state index in [1.165, 1.54) is 0 Å². The third-order valence-corrected chi connectivity index (χ3v) is 2.85. The number of aromatic nitrogens is 3. The zero-order chi connectivity index (χ0) is 13.5. The first kappa shape index (κ1) is 13.1. The standard InChI is InChI=1S/C12H10N4O2S/c1-2-5-14-10(17)8-19-12-16-15-11(18-12)9-4-3-6-13-7-9/h1,3-4,6-7H,5,8H2,(H,14,17). The van der Waals surface area contributed by atoms with Crippen LogP contribution >= 0.6 is 11.8 Å². The number of terminal acetylenes is 1. The SMILES string of the molecule is C#CCNC(=O)CSc1nnc(-c2cccnc2)o1. The van der Waals surface area contributed by atoms with Crippen LogP contribution in [0.4, 0.5) is 0 Å². The summed E-state index contributed by atoms with van der Waals surface area (Å²) in [6.45, 7) is 0.212. The lowest BCUT2D eigenvalue weighted by molar-refractivity contribution is -0.118. The van der Waals surface area contributed by atoms with Crippen molar-refractivity contribution in [2.45, 2.75) is 5.22 Å². The van der Waals surface area contributed by atoms with Gasteiger partial charge in [0.1, 0.15) is 0 Å². The van der Waals surface area contributed by atoms with Crippen molar-refractivity contribution in [1.29, 1.82) is 0 Å². The molecular formula is C12H10N4O2S. The Hall–Kier alpha value is -2.33. The average molecular weight is 274 g/mol. The number of thioether (sulfide) groups is 1. The molecule has 2 aromatic rings. The number of carbonyl (C=O) groups excluding carboxylic acids is 1. The lowest BCUT2D eigenvalue weighted by atomic mass is 10.3. The van der Waals surface area contributed by atoms with E-state index in [0.29, 0.717) is 11.1 Å². The summed E-state index contributed by atoms with van der Waals surface area (Å²) in [5.74, 6) is 2.70. The zero-order valence-electron chi connectivity index (χ0n) is 9.87. The summed E-state index contributed by atoms with van der Waals surface area (Å²) < 4.78 is 5.40. The zero-order valence-corrected chi connectivity index (χ0v) is 10.7. The quantitative estimate of drug-likeness (QED) is 0.646. The molecule has 1 N–H and O–H groups in total. The maximum atomic E-state index is 11.3. The Bertz CT molecular complexity index is 591. The second-order valence-corrected chi connectivity index (χ2v) is 4.31. The molecule has 2 aromatic heterocycles. The fourth-order valence-corrected chi connectivity index (χ4v) is 1.80. The predicted octanol–water partition coefficient (Wildman–Crippen LogP) is 0.973. The van der Waals surface area contributed by atoms with Crippen molar-refractivity contribution in [2.75, 3.05) is 12.3 Å². The third-order valence-electron chi connectivity index (χ3n) is 2.03. The number of nitrogens with one attached hydrogen (secondary N) is 1. The van der Waals surface area contributed by atoms with Gasteiger partial charge in [0.15, 0.2) is 0 Å². The topological polar surface area (TPSA) is 80.9 Å². The minimum absolute atomic E-state index is 0.177. The Balaban J connectivity index is 1.92. The summed E-state index contributed by atoms with van der Waals surface area (Å²) in [5, 5.41) is 10.6. The molecule has 0 radical (unpaired) electrons. The molecule has 0 aliphatic carbocycles. The van der Waals surface area contributed by atoms with Crippen LogP contribution in [0.15, 0.2) is 34.2 Å². The summed E-state index contributed by atoms with van der Waals surface area (Å²) in [7, 11) is 0. The normalized spacial score (nSPS) is 9.84. The van der Waals surface area contributed by atoms with Crippen LogP contribution in [0.3, 0.4) is 0 Å². The Morgan fingerprint density at radius 3 is 3.16 bits per heavy atom. The molecule has 0 unspecified atom stereocenters. The lowest BCUT2D eigenvalue weighted by Gasteiger charge is -1.97. The monoisotopic (exact) mass is 274 g/mol. The van der Waals surface area contributed by atoms with Crippen molar-refractivity contribution >= 4 is 17.7 Å². The number of pyridine rings is 1. The molecule has 96 valence electrons. The molecule has 7 heteroatoms. The molecule has 0 spiro atoms. The van der Waals surface area contributed by atoms with Crippen LogP contribution in [0.2, 0.25) is 0 Å². The lowest BCUT2D eigenvalue weighted by Crippen LogP contribution is -2.25. The number of hydrogen-bond acceptors (Lipinski definition) is 6. The van der Waals surface area contributed by atoms with Gasteiger partial charge in [-0.2, -0.15) is 0 Å².